The Labute approximate surface area is 188 Å². The third kappa shape index (κ3) is 5.37. The van der Waals surface area contributed by atoms with E-state index in [1.165, 1.54) is 0 Å². The summed E-state index contributed by atoms with van der Waals surface area (Å²) in [5, 5.41) is 3.00. The molecule has 0 radical (unpaired) electrons. The molecule has 2 unspecified atom stereocenters. The topological polar surface area (TPSA) is 113 Å². The molecular weight excluding hydrogens is 437 g/mol. The van der Waals surface area contributed by atoms with Crippen LogP contribution in [0.1, 0.15) is 47.5 Å². The van der Waals surface area contributed by atoms with Gasteiger partial charge in [0.05, 0.1) is 23.8 Å². The van der Waals surface area contributed by atoms with E-state index in [9.17, 15) is 22.8 Å². The number of allylic oxidation sites excluding steroid dienone is 1. The maximum absolute atomic E-state index is 13.5. The van der Waals surface area contributed by atoms with Crippen LogP contribution in [0.4, 0.5) is 0 Å². The van der Waals surface area contributed by atoms with E-state index < -0.39 is 33.4 Å². The van der Waals surface area contributed by atoms with Crippen molar-refractivity contribution >= 4 is 37.0 Å². The highest BCUT2D eigenvalue weighted by molar-refractivity contribution is 7.89. The SMILES string of the molecule is C=C[C@@H]1C[C@]1(CC(=O)[C@@H]1C(C)[C@@H](C)CN1C(=O)[C@@H](NP)C(C)(C)C)C(=O)NS(C)(=O)=O. The summed E-state index contributed by atoms with van der Waals surface area (Å²) in [5.41, 5.74) is -1.48. The molecule has 1 heterocycles. The molecule has 2 fully saturated rings. The van der Waals surface area contributed by atoms with E-state index >= 15 is 0 Å². The first-order chi connectivity index (χ1) is 14.1. The van der Waals surface area contributed by atoms with Crippen LogP contribution in [0.3, 0.4) is 0 Å². The summed E-state index contributed by atoms with van der Waals surface area (Å²) in [7, 11) is -1.36. The number of nitrogens with zero attached hydrogens (tertiary/aromatic N) is 1. The zero-order valence-electron chi connectivity index (χ0n) is 19.3. The summed E-state index contributed by atoms with van der Waals surface area (Å²) in [4.78, 5) is 41.2. The molecule has 0 bridgehead atoms. The molecule has 0 aromatic rings. The lowest BCUT2D eigenvalue weighted by Gasteiger charge is -2.35. The van der Waals surface area contributed by atoms with Gasteiger partial charge in [-0.15, -0.1) is 6.58 Å². The van der Waals surface area contributed by atoms with E-state index in [0.717, 1.165) is 6.26 Å². The largest absolute Gasteiger partial charge is 0.331 e. The Morgan fingerprint density at radius 3 is 2.29 bits per heavy atom. The van der Waals surface area contributed by atoms with Gasteiger partial charge < -0.3 is 4.90 Å². The highest BCUT2D eigenvalue weighted by Gasteiger charge is 2.61. The summed E-state index contributed by atoms with van der Waals surface area (Å²) >= 11 is 0. The predicted molar refractivity (Wildman–Crippen MR) is 123 cm³/mol. The lowest BCUT2D eigenvalue weighted by atomic mass is 9.84. The number of rotatable bonds is 8. The molecule has 10 heteroatoms. The predicted octanol–water partition coefficient (Wildman–Crippen LogP) is 1.49. The van der Waals surface area contributed by atoms with Crippen molar-refractivity contribution in [2.75, 3.05) is 12.8 Å². The van der Waals surface area contributed by atoms with Crippen molar-refractivity contribution in [1.82, 2.24) is 14.7 Å². The van der Waals surface area contributed by atoms with Crippen molar-refractivity contribution in [2.45, 2.75) is 59.5 Å². The van der Waals surface area contributed by atoms with E-state index in [1.807, 2.05) is 39.3 Å². The maximum atomic E-state index is 13.5. The first-order valence-electron chi connectivity index (χ1n) is 10.5. The quantitative estimate of drug-likeness (QED) is 0.408. The fourth-order valence-electron chi connectivity index (χ4n) is 4.61. The van der Waals surface area contributed by atoms with Gasteiger partial charge in [0.1, 0.15) is 0 Å². The second-order valence-corrected chi connectivity index (χ2v) is 12.4. The molecule has 1 aliphatic carbocycles. The molecule has 1 saturated carbocycles. The molecule has 176 valence electrons. The van der Waals surface area contributed by atoms with Gasteiger partial charge in [-0.05, 0) is 29.6 Å². The number of sulfonamides is 1. The number of nitrogens with one attached hydrogen (secondary N) is 2. The molecule has 2 amide bonds. The molecule has 0 aromatic carbocycles. The Bertz CT molecular complexity index is 869. The summed E-state index contributed by atoms with van der Waals surface area (Å²) < 4.78 is 25.2. The number of likely N-dealkylation sites (tertiary alicyclic amines) is 1. The number of Topliss-reactive ketones (excluding diaryl/α,β-unsaturated/α-hetero) is 1. The average molecular weight is 474 g/mol. The number of amides is 2. The Kier molecular flexibility index (Phi) is 7.46. The molecule has 2 rings (SSSR count). The van der Waals surface area contributed by atoms with Gasteiger partial charge in [0, 0.05) is 13.0 Å². The monoisotopic (exact) mass is 473 g/mol. The molecule has 2 aliphatic rings. The fourth-order valence-corrected chi connectivity index (χ4v) is 5.79. The normalized spacial score (nSPS) is 31.8. The standard InChI is InChI=1S/C21H36N3O5PS/c1-8-14-9-21(14,19(27)23-31(7,28)29)10-15(25)16-13(3)12(2)11-24(16)18(26)17(22-30)20(4,5)6/h8,12-14,16-17,22H,1,9-11,30H2,2-7H3,(H,23,27)/t12-,13?,14+,16-,17+,21+/m0/s1. The van der Waals surface area contributed by atoms with Crippen molar-refractivity contribution in [3.63, 3.8) is 0 Å². The van der Waals surface area contributed by atoms with E-state index in [-0.39, 0.29) is 41.3 Å². The van der Waals surface area contributed by atoms with Crippen molar-refractivity contribution in [2.24, 2.45) is 28.6 Å². The lowest BCUT2D eigenvalue weighted by Crippen LogP contribution is -2.54. The third-order valence-corrected chi connectivity index (χ3v) is 7.64. The van der Waals surface area contributed by atoms with E-state index in [2.05, 4.69) is 21.1 Å². The Morgan fingerprint density at radius 2 is 1.87 bits per heavy atom. The Hall–Kier alpha value is -1.31. The van der Waals surface area contributed by atoms with Gasteiger partial charge in [-0.3, -0.25) is 24.2 Å². The minimum atomic E-state index is -3.75. The van der Waals surface area contributed by atoms with Gasteiger partial charge in [-0.25, -0.2) is 8.42 Å². The molecule has 8 nitrogen and oxygen atoms in total. The summed E-state index contributed by atoms with van der Waals surface area (Å²) in [6.45, 7) is 14.0. The minimum Gasteiger partial charge on any atom is -0.331 e. The van der Waals surface area contributed by atoms with Gasteiger partial charge >= 0.3 is 0 Å². The van der Waals surface area contributed by atoms with Crippen molar-refractivity contribution in [3.8, 4) is 0 Å². The van der Waals surface area contributed by atoms with Crippen LogP contribution in [0.2, 0.25) is 0 Å². The van der Waals surface area contributed by atoms with E-state index in [4.69, 9.17) is 0 Å². The van der Waals surface area contributed by atoms with Gasteiger partial charge in [0.15, 0.2) is 5.78 Å². The number of ketones is 1. The molecule has 0 spiro atoms. The zero-order valence-corrected chi connectivity index (χ0v) is 21.2. The first-order valence-corrected chi connectivity index (χ1v) is 13.0. The number of hydrogen-bond donors (Lipinski definition) is 2. The maximum Gasteiger partial charge on any atom is 0.241 e. The van der Waals surface area contributed by atoms with Gasteiger partial charge in [-0.2, -0.15) is 0 Å². The van der Waals surface area contributed by atoms with Gasteiger partial charge in [0.2, 0.25) is 21.8 Å². The number of carbonyl (C=O) groups is 3. The molecule has 1 saturated heterocycles. The molecule has 2 N–H and O–H groups in total. The molecule has 0 aromatic heterocycles. The molecule has 1 aliphatic heterocycles. The Balaban J connectivity index is 2.31. The third-order valence-electron chi connectivity index (χ3n) is 6.75. The van der Waals surface area contributed by atoms with E-state index in [1.54, 1.807) is 11.0 Å². The lowest BCUT2D eigenvalue weighted by molar-refractivity contribution is -0.142. The van der Waals surface area contributed by atoms with Crippen LogP contribution in [0, 0.1) is 28.6 Å². The number of carbonyl (C=O) groups excluding carboxylic acids is 3. The average Bonchev–Trinajstić information content (AvgIpc) is 3.24. The van der Waals surface area contributed by atoms with Crippen LogP contribution in [-0.2, 0) is 24.4 Å². The highest BCUT2D eigenvalue weighted by Crippen LogP contribution is 2.57. The van der Waals surface area contributed by atoms with Gasteiger partial charge in [0.25, 0.3) is 0 Å². The van der Waals surface area contributed by atoms with E-state index in [0.29, 0.717) is 13.0 Å². The smallest absolute Gasteiger partial charge is 0.241 e. The van der Waals surface area contributed by atoms with Gasteiger partial charge in [-0.1, -0.05) is 50.1 Å². The van der Waals surface area contributed by atoms with Crippen LogP contribution in [0.15, 0.2) is 12.7 Å². The second kappa shape index (κ2) is 8.91. The van der Waals surface area contributed by atoms with Crippen molar-refractivity contribution in [1.29, 1.82) is 0 Å². The molecule has 7 atom stereocenters. The zero-order chi connectivity index (χ0) is 23.9. The highest BCUT2D eigenvalue weighted by atomic mass is 32.2. The summed E-state index contributed by atoms with van der Waals surface area (Å²) in [6.07, 6.45) is 2.75. The minimum absolute atomic E-state index is 0.0717. The van der Waals surface area contributed by atoms with Crippen molar-refractivity contribution < 1.29 is 22.8 Å². The second-order valence-electron chi connectivity index (χ2n) is 10.3. The van der Waals surface area contributed by atoms with Crippen LogP contribution in [-0.4, -0.2) is 55.8 Å². The summed E-state index contributed by atoms with van der Waals surface area (Å²) in [6, 6.07) is -1.14. The molecule has 31 heavy (non-hydrogen) atoms. The van der Waals surface area contributed by atoms with Crippen LogP contribution >= 0.6 is 9.39 Å². The molecular formula is C21H36N3O5PS. The Morgan fingerprint density at radius 1 is 1.29 bits per heavy atom. The fraction of sp³-hybridized carbons (Fsp3) is 0.762. The van der Waals surface area contributed by atoms with Crippen molar-refractivity contribution in [3.05, 3.63) is 12.7 Å². The van der Waals surface area contributed by atoms with Crippen LogP contribution in [0.25, 0.3) is 0 Å². The summed E-state index contributed by atoms with van der Waals surface area (Å²) in [5.74, 6) is -1.26. The number of hydrogen-bond acceptors (Lipinski definition) is 6. The van der Waals surface area contributed by atoms with Crippen LogP contribution in [0.5, 0.6) is 0 Å². The first kappa shape index (κ1) is 25.9. The van der Waals surface area contributed by atoms with Crippen LogP contribution < -0.4 is 9.81 Å².